The number of ketones is 1. The molecule has 0 aromatic heterocycles. The molecular weight excluding hydrogens is 276 g/mol. The minimum Gasteiger partial charge on any atom is -0.323 e. The highest BCUT2D eigenvalue weighted by molar-refractivity contribution is 6.15. The van der Waals surface area contributed by atoms with Crippen LogP contribution in [-0.4, -0.2) is 11.7 Å². The van der Waals surface area contributed by atoms with E-state index >= 15 is 0 Å². The van der Waals surface area contributed by atoms with Crippen molar-refractivity contribution in [1.29, 1.82) is 0 Å². The van der Waals surface area contributed by atoms with Gasteiger partial charge in [0, 0.05) is 11.5 Å². The van der Waals surface area contributed by atoms with E-state index in [0.29, 0.717) is 18.9 Å². The summed E-state index contributed by atoms with van der Waals surface area (Å²) in [4.78, 5) is 25.1. The van der Waals surface area contributed by atoms with Gasteiger partial charge in [0.25, 0.3) is 0 Å². The highest BCUT2D eigenvalue weighted by Crippen LogP contribution is 2.60. The smallest absolute Gasteiger partial charge is 0.238 e. The Bertz CT molecular complexity index is 641. The van der Waals surface area contributed by atoms with E-state index in [9.17, 15) is 18.4 Å². The Kier molecular flexibility index (Phi) is 2.94. The summed E-state index contributed by atoms with van der Waals surface area (Å²) in [7, 11) is 0. The third kappa shape index (κ3) is 1.90. The molecule has 0 radical (unpaired) electrons. The number of hydrogen-bond acceptors (Lipinski definition) is 2. The monoisotopic (exact) mass is 293 g/mol. The fourth-order valence-electron chi connectivity index (χ4n) is 3.81. The molecule has 0 heterocycles. The van der Waals surface area contributed by atoms with Gasteiger partial charge in [0.05, 0.1) is 5.69 Å². The zero-order valence-electron chi connectivity index (χ0n) is 12.0. The van der Waals surface area contributed by atoms with E-state index in [4.69, 9.17) is 0 Å². The van der Waals surface area contributed by atoms with Gasteiger partial charge in [0.1, 0.15) is 17.0 Å². The van der Waals surface area contributed by atoms with Crippen LogP contribution in [0.15, 0.2) is 18.2 Å². The number of anilines is 1. The molecule has 2 saturated carbocycles. The molecule has 1 N–H and O–H groups in total. The molecular formula is C16H17F2NO2. The van der Waals surface area contributed by atoms with Gasteiger partial charge in [-0.2, -0.15) is 0 Å². The maximum Gasteiger partial charge on any atom is 0.238 e. The fraction of sp³-hybridized carbons (Fsp3) is 0.500. The number of carbonyl (C=O) groups is 2. The average Bonchev–Trinajstić information content (AvgIpc) is 2.93. The van der Waals surface area contributed by atoms with Crippen LogP contribution in [-0.2, 0) is 9.59 Å². The summed E-state index contributed by atoms with van der Waals surface area (Å²) in [6, 6.07) is 2.97. The van der Waals surface area contributed by atoms with Crippen molar-refractivity contribution in [3.8, 4) is 0 Å². The molecule has 2 aliphatic rings. The fourth-order valence-corrected chi connectivity index (χ4v) is 3.81. The second-order valence-corrected chi connectivity index (χ2v) is 6.65. The molecule has 0 aliphatic heterocycles. The normalized spacial score (nSPS) is 29.7. The first-order valence-electron chi connectivity index (χ1n) is 7.09. The van der Waals surface area contributed by atoms with Gasteiger partial charge in [0.2, 0.25) is 5.91 Å². The van der Waals surface area contributed by atoms with E-state index in [-0.39, 0.29) is 17.4 Å². The van der Waals surface area contributed by atoms with Crippen LogP contribution in [0.1, 0.15) is 33.1 Å². The second-order valence-electron chi connectivity index (χ2n) is 6.65. The van der Waals surface area contributed by atoms with Crippen molar-refractivity contribution < 1.29 is 18.4 Å². The van der Waals surface area contributed by atoms with Crippen LogP contribution in [0.4, 0.5) is 14.5 Å². The molecule has 0 spiro atoms. The molecule has 21 heavy (non-hydrogen) atoms. The van der Waals surface area contributed by atoms with Crippen LogP contribution in [0.2, 0.25) is 0 Å². The Morgan fingerprint density at radius 3 is 2.62 bits per heavy atom. The summed E-state index contributed by atoms with van der Waals surface area (Å²) >= 11 is 0. The van der Waals surface area contributed by atoms with Crippen LogP contribution in [0, 0.1) is 28.4 Å². The first-order chi connectivity index (χ1) is 9.77. The molecule has 2 unspecified atom stereocenters. The maximum atomic E-state index is 13.6. The van der Waals surface area contributed by atoms with Gasteiger partial charge in [-0.1, -0.05) is 13.8 Å². The minimum absolute atomic E-state index is 0.0636. The SMILES string of the molecule is CC1(C)C(=O)C2(C(=O)Nc3ccc(F)cc3F)CCC1C2. The number of hydrogen-bond donors (Lipinski definition) is 1. The Morgan fingerprint density at radius 2 is 2.05 bits per heavy atom. The molecule has 5 heteroatoms. The van der Waals surface area contributed by atoms with Crippen molar-refractivity contribution in [2.75, 3.05) is 5.32 Å². The van der Waals surface area contributed by atoms with E-state index < -0.39 is 28.4 Å². The standard InChI is InChI=1S/C16H17F2NO2/c1-15(2)9-5-6-16(8-9,13(15)20)14(21)19-12-4-3-10(17)7-11(12)18/h3-4,7,9H,5-6,8H2,1-2H3,(H,19,21). The molecule has 2 aliphatic carbocycles. The number of nitrogens with one attached hydrogen (secondary N) is 1. The van der Waals surface area contributed by atoms with Gasteiger partial charge >= 0.3 is 0 Å². The number of rotatable bonds is 2. The van der Waals surface area contributed by atoms with Crippen molar-refractivity contribution >= 4 is 17.4 Å². The molecule has 112 valence electrons. The molecule has 1 aromatic rings. The molecule has 2 bridgehead atoms. The Hall–Kier alpha value is -1.78. The van der Waals surface area contributed by atoms with Gasteiger partial charge in [-0.15, -0.1) is 0 Å². The maximum absolute atomic E-state index is 13.6. The minimum atomic E-state index is -1.05. The highest BCUT2D eigenvalue weighted by atomic mass is 19.1. The summed E-state index contributed by atoms with van der Waals surface area (Å²) < 4.78 is 26.5. The Morgan fingerprint density at radius 1 is 1.33 bits per heavy atom. The van der Waals surface area contributed by atoms with Gasteiger partial charge in [-0.25, -0.2) is 8.78 Å². The van der Waals surface area contributed by atoms with Gasteiger partial charge in [0.15, 0.2) is 5.78 Å². The summed E-state index contributed by atoms with van der Waals surface area (Å²) in [5, 5.41) is 2.46. The number of amides is 1. The lowest BCUT2D eigenvalue weighted by atomic mass is 9.70. The van der Waals surface area contributed by atoms with Crippen LogP contribution >= 0.6 is 0 Å². The van der Waals surface area contributed by atoms with Crippen LogP contribution in [0.5, 0.6) is 0 Å². The average molecular weight is 293 g/mol. The van der Waals surface area contributed by atoms with E-state index in [1.165, 1.54) is 6.07 Å². The second kappa shape index (κ2) is 4.36. The van der Waals surface area contributed by atoms with Crippen LogP contribution in [0.25, 0.3) is 0 Å². The molecule has 0 saturated heterocycles. The molecule has 1 amide bonds. The summed E-state index contributed by atoms with van der Waals surface area (Å²) in [6.07, 6.45) is 1.86. The zero-order chi connectivity index (χ0) is 15.4. The Balaban J connectivity index is 1.88. The zero-order valence-corrected chi connectivity index (χ0v) is 12.0. The molecule has 1 aromatic carbocycles. The quantitative estimate of drug-likeness (QED) is 0.850. The first kappa shape index (κ1) is 14.2. The predicted octanol–water partition coefficient (Wildman–Crippen LogP) is 3.30. The number of halogens is 2. The number of carbonyl (C=O) groups excluding carboxylic acids is 2. The topological polar surface area (TPSA) is 46.2 Å². The van der Waals surface area contributed by atoms with Gasteiger partial charge < -0.3 is 5.32 Å². The van der Waals surface area contributed by atoms with Crippen LogP contribution in [0.3, 0.4) is 0 Å². The first-order valence-corrected chi connectivity index (χ1v) is 7.09. The third-order valence-corrected chi connectivity index (χ3v) is 5.17. The van der Waals surface area contributed by atoms with Crippen molar-refractivity contribution in [3.05, 3.63) is 29.8 Å². The third-order valence-electron chi connectivity index (χ3n) is 5.17. The predicted molar refractivity (Wildman–Crippen MR) is 73.5 cm³/mol. The van der Waals surface area contributed by atoms with E-state index in [1.54, 1.807) is 0 Å². The highest BCUT2D eigenvalue weighted by Gasteiger charge is 2.65. The van der Waals surface area contributed by atoms with Gasteiger partial charge in [-0.05, 0) is 37.3 Å². The lowest BCUT2D eigenvalue weighted by Crippen LogP contribution is -2.44. The van der Waals surface area contributed by atoms with Crippen molar-refractivity contribution in [2.24, 2.45) is 16.7 Å². The van der Waals surface area contributed by atoms with E-state index in [2.05, 4.69) is 5.32 Å². The van der Waals surface area contributed by atoms with Crippen molar-refractivity contribution in [3.63, 3.8) is 0 Å². The number of benzene rings is 1. The number of fused-ring (bicyclic) bond motifs is 2. The lowest BCUT2D eigenvalue weighted by molar-refractivity contribution is -0.142. The largest absolute Gasteiger partial charge is 0.323 e. The summed E-state index contributed by atoms with van der Waals surface area (Å²) in [5.74, 6) is -1.87. The molecule has 3 rings (SSSR count). The van der Waals surface area contributed by atoms with Crippen molar-refractivity contribution in [2.45, 2.75) is 33.1 Å². The van der Waals surface area contributed by atoms with Crippen molar-refractivity contribution in [1.82, 2.24) is 0 Å². The Labute approximate surface area is 121 Å². The lowest BCUT2D eigenvalue weighted by Gasteiger charge is -2.32. The van der Waals surface area contributed by atoms with Crippen LogP contribution < -0.4 is 5.32 Å². The number of Topliss-reactive ketones (excluding diaryl/α,β-unsaturated/α-hetero) is 1. The van der Waals surface area contributed by atoms with E-state index in [0.717, 1.165) is 12.5 Å². The van der Waals surface area contributed by atoms with E-state index in [1.807, 2.05) is 13.8 Å². The summed E-state index contributed by atoms with van der Waals surface area (Å²) in [5.41, 5.74) is -1.64. The molecule has 2 fully saturated rings. The summed E-state index contributed by atoms with van der Waals surface area (Å²) in [6.45, 7) is 3.74. The van der Waals surface area contributed by atoms with Gasteiger partial charge in [-0.3, -0.25) is 9.59 Å². The molecule has 2 atom stereocenters. The molecule has 3 nitrogen and oxygen atoms in total.